The Morgan fingerprint density at radius 3 is 2.72 bits per heavy atom. The quantitative estimate of drug-likeness (QED) is 0.807. The van der Waals surface area contributed by atoms with Gasteiger partial charge in [0, 0.05) is 6.07 Å². The lowest BCUT2D eigenvalue weighted by molar-refractivity contribution is -0.119. The number of carbonyl (C=O) groups is 1. The number of carbonyl (C=O) groups excluding carboxylic acids is 1. The van der Waals surface area contributed by atoms with Crippen molar-refractivity contribution < 1.29 is 18.3 Å². The minimum absolute atomic E-state index is 0.00134. The first kappa shape index (κ1) is 13.2. The van der Waals surface area contributed by atoms with E-state index >= 15 is 0 Å². The van der Waals surface area contributed by atoms with Gasteiger partial charge in [-0.1, -0.05) is 11.6 Å². The van der Waals surface area contributed by atoms with Gasteiger partial charge >= 0.3 is 0 Å². The number of rotatable bonds is 2. The number of hydrogen-bond acceptors (Lipinski definition) is 4. The number of anilines is 1. The van der Waals surface area contributed by atoms with Crippen LogP contribution in [0.1, 0.15) is 6.42 Å². The summed E-state index contributed by atoms with van der Waals surface area (Å²) in [5, 5.41) is 12.0. The number of halogens is 1. The number of hydrogen-bond donors (Lipinski definition) is 2. The van der Waals surface area contributed by atoms with Crippen molar-refractivity contribution in [3.8, 4) is 5.75 Å². The maximum absolute atomic E-state index is 11.8. The first-order valence-corrected chi connectivity index (χ1v) is 7.57. The number of benzene rings is 1. The largest absolute Gasteiger partial charge is 0.508 e. The molecule has 1 aliphatic heterocycles. The number of phenols is 1. The van der Waals surface area contributed by atoms with E-state index in [1.165, 1.54) is 18.2 Å². The fourth-order valence-corrected chi connectivity index (χ4v) is 3.81. The molecule has 0 saturated carbocycles. The Hall–Kier alpha value is -1.27. The van der Waals surface area contributed by atoms with Crippen molar-refractivity contribution in [1.82, 2.24) is 0 Å². The smallest absolute Gasteiger partial charge is 0.228 e. The number of phenolic OH excluding ortho intramolecular Hbond substituents is 1. The molecule has 5 nitrogen and oxygen atoms in total. The minimum Gasteiger partial charge on any atom is -0.508 e. The summed E-state index contributed by atoms with van der Waals surface area (Å²) in [7, 11) is -3.08. The van der Waals surface area contributed by atoms with E-state index in [0.717, 1.165) is 0 Å². The van der Waals surface area contributed by atoms with E-state index in [1.54, 1.807) is 0 Å². The highest BCUT2D eigenvalue weighted by Gasteiger charge is 2.33. The molecule has 1 aromatic carbocycles. The molecule has 2 N–H and O–H groups in total. The number of nitrogens with one attached hydrogen (secondary N) is 1. The summed E-state index contributed by atoms with van der Waals surface area (Å²) in [6.45, 7) is 0. The third kappa shape index (κ3) is 2.94. The van der Waals surface area contributed by atoms with E-state index < -0.39 is 15.8 Å². The molecule has 1 atom stereocenters. The lowest BCUT2D eigenvalue weighted by Crippen LogP contribution is -2.23. The fourth-order valence-electron chi connectivity index (χ4n) is 1.84. The van der Waals surface area contributed by atoms with Crippen molar-refractivity contribution in [2.75, 3.05) is 16.8 Å². The van der Waals surface area contributed by atoms with Crippen LogP contribution >= 0.6 is 11.6 Å². The standard InChI is InChI=1S/C11H12ClNO4S/c12-9-5-8(14)1-2-10(9)13-11(15)7-3-4-18(16,17)6-7/h1-2,5,7,14H,3-4,6H2,(H,13,15). The SMILES string of the molecule is O=C(Nc1ccc(O)cc1Cl)C1CCS(=O)(=O)C1. The summed E-state index contributed by atoms with van der Waals surface area (Å²) in [5.41, 5.74) is 0.365. The third-order valence-corrected chi connectivity index (χ3v) is 4.89. The van der Waals surface area contributed by atoms with E-state index in [-0.39, 0.29) is 28.2 Å². The Labute approximate surface area is 110 Å². The van der Waals surface area contributed by atoms with Crippen LogP contribution < -0.4 is 5.32 Å². The Kier molecular flexibility index (Phi) is 3.49. The molecular formula is C11H12ClNO4S. The zero-order chi connectivity index (χ0) is 13.3. The molecule has 98 valence electrons. The summed E-state index contributed by atoms with van der Waals surface area (Å²) < 4.78 is 22.5. The summed E-state index contributed by atoms with van der Waals surface area (Å²) in [6.07, 6.45) is 0.337. The van der Waals surface area contributed by atoms with Crippen LogP contribution in [0.15, 0.2) is 18.2 Å². The molecule has 0 aromatic heterocycles. The molecule has 1 amide bonds. The van der Waals surface area contributed by atoms with Crippen LogP contribution in [-0.2, 0) is 14.6 Å². The molecule has 18 heavy (non-hydrogen) atoms. The van der Waals surface area contributed by atoms with E-state index in [2.05, 4.69) is 5.32 Å². The van der Waals surface area contributed by atoms with Crippen LogP contribution in [-0.4, -0.2) is 30.9 Å². The van der Waals surface area contributed by atoms with Gasteiger partial charge in [-0.05, 0) is 18.6 Å². The second-order valence-corrected chi connectivity index (χ2v) is 6.89. The average Bonchev–Trinajstić information content (AvgIpc) is 2.63. The van der Waals surface area contributed by atoms with Crippen molar-refractivity contribution in [3.05, 3.63) is 23.2 Å². The van der Waals surface area contributed by atoms with Gasteiger partial charge in [-0.25, -0.2) is 8.42 Å². The van der Waals surface area contributed by atoms with Crippen molar-refractivity contribution in [1.29, 1.82) is 0 Å². The first-order chi connectivity index (χ1) is 8.37. The summed E-state index contributed by atoms with van der Waals surface area (Å²) in [4.78, 5) is 11.8. The predicted molar refractivity (Wildman–Crippen MR) is 68.5 cm³/mol. The van der Waals surface area contributed by atoms with Gasteiger partial charge in [0.25, 0.3) is 0 Å². The van der Waals surface area contributed by atoms with E-state index in [9.17, 15) is 18.3 Å². The maximum atomic E-state index is 11.8. The Morgan fingerprint density at radius 2 is 2.17 bits per heavy atom. The lowest BCUT2D eigenvalue weighted by Gasteiger charge is -2.10. The topological polar surface area (TPSA) is 83.5 Å². The van der Waals surface area contributed by atoms with Crippen molar-refractivity contribution in [2.45, 2.75) is 6.42 Å². The molecule has 2 rings (SSSR count). The van der Waals surface area contributed by atoms with Gasteiger partial charge in [0.1, 0.15) is 5.75 Å². The Bertz CT molecular complexity index is 585. The zero-order valence-electron chi connectivity index (χ0n) is 9.39. The van der Waals surface area contributed by atoms with Crippen molar-refractivity contribution in [3.63, 3.8) is 0 Å². The average molecular weight is 290 g/mol. The molecule has 0 bridgehead atoms. The lowest BCUT2D eigenvalue weighted by atomic mass is 10.1. The van der Waals surface area contributed by atoms with Crippen LogP contribution in [0.25, 0.3) is 0 Å². The van der Waals surface area contributed by atoms with Gasteiger partial charge in [0.15, 0.2) is 9.84 Å². The van der Waals surface area contributed by atoms with Crippen LogP contribution in [0, 0.1) is 5.92 Å². The van der Waals surface area contributed by atoms with Gasteiger partial charge in [0.2, 0.25) is 5.91 Å². The fraction of sp³-hybridized carbons (Fsp3) is 0.364. The molecule has 1 unspecified atom stereocenters. The second-order valence-electron chi connectivity index (χ2n) is 4.25. The monoisotopic (exact) mass is 289 g/mol. The predicted octanol–water partition coefficient (Wildman–Crippen LogP) is 1.42. The van der Waals surface area contributed by atoms with Crippen LogP contribution in [0.5, 0.6) is 5.75 Å². The molecular weight excluding hydrogens is 278 g/mol. The highest BCUT2D eigenvalue weighted by atomic mass is 35.5. The highest BCUT2D eigenvalue weighted by Crippen LogP contribution is 2.27. The molecule has 0 aliphatic carbocycles. The summed E-state index contributed by atoms with van der Waals surface area (Å²) in [6, 6.07) is 4.18. The molecule has 1 heterocycles. The number of sulfone groups is 1. The van der Waals surface area contributed by atoms with Gasteiger partial charge in [-0.15, -0.1) is 0 Å². The minimum atomic E-state index is -3.08. The van der Waals surface area contributed by atoms with Gasteiger partial charge in [-0.3, -0.25) is 4.79 Å². The maximum Gasteiger partial charge on any atom is 0.228 e. The molecule has 1 fully saturated rings. The Morgan fingerprint density at radius 1 is 1.44 bits per heavy atom. The van der Waals surface area contributed by atoms with Crippen molar-refractivity contribution in [2.24, 2.45) is 5.92 Å². The summed E-state index contributed by atoms with van der Waals surface area (Å²) in [5.74, 6) is -0.951. The molecule has 7 heteroatoms. The van der Waals surface area contributed by atoms with E-state index in [4.69, 9.17) is 11.6 Å². The first-order valence-electron chi connectivity index (χ1n) is 5.37. The van der Waals surface area contributed by atoms with E-state index in [0.29, 0.717) is 12.1 Å². The number of amides is 1. The molecule has 1 saturated heterocycles. The normalized spacial score (nSPS) is 21.7. The highest BCUT2D eigenvalue weighted by molar-refractivity contribution is 7.91. The van der Waals surface area contributed by atoms with Gasteiger partial charge in [-0.2, -0.15) is 0 Å². The van der Waals surface area contributed by atoms with E-state index in [1.807, 2.05) is 0 Å². The van der Waals surface area contributed by atoms with Gasteiger partial charge in [0.05, 0.1) is 28.1 Å². The third-order valence-electron chi connectivity index (χ3n) is 2.81. The van der Waals surface area contributed by atoms with Crippen molar-refractivity contribution >= 4 is 33.0 Å². The summed E-state index contributed by atoms with van der Waals surface area (Å²) >= 11 is 5.84. The molecule has 1 aromatic rings. The van der Waals surface area contributed by atoms with Crippen LogP contribution in [0.2, 0.25) is 5.02 Å². The van der Waals surface area contributed by atoms with Crippen LogP contribution in [0.3, 0.4) is 0 Å². The Balaban J connectivity index is 2.08. The second kappa shape index (κ2) is 4.78. The van der Waals surface area contributed by atoms with Crippen LogP contribution in [0.4, 0.5) is 5.69 Å². The zero-order valence-corrected chi connectivity index (χ0v) is 11.0. The molecule has 0 radical (unpaired) electrons. The molecule has 0 spiro atoms. The molecule has 1 aliphatic rings. The van der Waals surface area contributed by atoms with Gasteiger partial charge < -0.3 is 10.4 Å². The number of aromatic hydroxyl groups is 1.